The molecule has 0 radical (unpaired) electrons. The first kappa shape index (κ1) is 13.2. The van der Waals surface area contributed by atoms with Crippen molar-refractivity contribution in [1.29, 1.82) is 0 Å². The smallest absolute Gasteiger partial charge is 0.870 e. The van der Waals surface area contributed by atoms with Crippen LogP contribution in [-0.2, 0) is 9.53 Å². The molecule has 1 heterocycles. The molecule has 5 nitrogen and oxygen atoms in total. The van der Waals surface area contributed by atoms with Gasteiger partial charge >= 0.3 is 35.5 Å². The predicted molar refractivity (Wildman–Crippen MR) is 39.3 cm³/mol. The zero-order valence-electron chi connectivity index (χ0n) is 6.86. The van der Waals surface area contributed by atoms with Crippen LogP contribution in [0.1, 0.15) is 0 Å². The minimum absolute atomic E-state index is 0. The minimum Gasteiger partial charge on any atom is -0.870 e. The average molecular weight is 261 g/mol. The van der Waals surface area contributed by atoms with Gasteiger partial charge in [0.05, 0.1) is 0 Å². The van der Waals surface area contributed by atoms with Crippen LogP contribution in [0.25, 0.3) is 0 Å². The number of halogens is 1. The van der Waals surface area contributed by atoms with Crippen LogP contribution < -0.4 is 34.7 Å². The quantitative estimate of drug-likeness (QED) is 0.299. The summed E-state index contributed by atoms with van der Waals surface area (Å²) in [5.41, 5.74) is 0. The van der Waals surface area contributed by atoms with Gasteiger partial charge < -0.3 is 20.1 Å². The van der Waals surface area contributed by atoms with Gasteiger partial charge in [0.15, 0.2) is 5.76 Å². The molecule has 0 saturated carbocycles. The van der Waals surface area contributed by atoms with Crippen molar-refractivity contribution >= 4 is 21.9 Å². The fourth-order valence-corrected chi connectivity index (χ4v) is 1.13. The predicted octanol–water partition coefficient (Wildman–Crippen LogP) is -4.20. The zero-order valence-corrected chi connectivity index (χ0v) is 10.4. The van der Waals surface area contributed by atoms with E-state index in [0.717, 1.165) is 0 Å². The normalized spacial score (nSPS) is 23.8. The van der Waals surface area contributed by atoms with Crippen LogP contribution in [0.2, 0.25) is 0 Å². The molecule has 2 atom stereocenters. The van der Waals surface area contributed by atoms with Gasteiger partial charge in [0.25, 0.3) is 0 Å². The molecule has 7 heteroatoms. The molecular formula is C6H6BrNaO5. The van der Waals surface area contributed by atoms with Crippen LogP contribution in [0, 0.1) is 0 Å². The standard InChI is InChI=1S/C6H7BrO5.Na/c7-1-2(8)5-3(9)4(10)6(11)12-5;/h2,5,8-10H,1H2;/q;+1/p-1/t2-,5+;/m0./s1. The summed E-state index contributed by atoms with van der Waals surface area (Å²) in [7, 11) is 0. The average Bonchev–Trinajstić information content (AvgIpc) is 2.32. The van der Waals surface area contributed by atoms with Gasteiger partial charge in [-0.2, -0.15) is 0 Å². The molecule has 68 valence electrons. The maximum Gasteiger partial charge on any atom is 1.00 e. The van der Waals surface area contributed by atoms with Crippen LogP contribution in [0.4, 0.5) is 0 Å². The molecule has 0 aromatic rings. The second kappa shape index (κ2) is 5.21. The zero-order chi connectivity index (χ0) is 9.30. The maximum atomic E-state index is 10.9. The van der Waals surface area contributed by atoms with Gasteiger partial charge in [0.1, 0.15) is 12.2 Å². The Labute approximate surface area is 105 Å². The Morgan fingerprint density at radius 1 is 1.69 bits per heavy atom. The number of hydrogen-bond donors (Lipinski definition) is 2. The molecule has 0 aromatic heterocycles. The minimum atomic E-state index is -1.27. The van der Waals surface area contributed by atoms with Crippen LogP contribution in [-0.4, -0.2) is 33.7 Å². The third-order valence-electron chi connectivity index (χ3n) is 1.43. The number of ether oxygens (including phenoxy) is 1. The van der Waals surface area contributed by atoms with Gasteiger partial charge in [-0.3, -0.25) is 0 Å². The summed E-state index contributed by atoms with van der Waals surface area (Å²) in [6.07, 6.45) is -2.39. The summed E-state index contributed by atoms with van der Waals surface area (Å²) in [5, 5.41) is 28.8. The van der Waals surface area contributed by atoms with E-state index in [1.165, 1.54) is 0 Å². The number of rotatable bonds is 2. The van der Waals surface area contributed by atoms with E-state index in [4.69, 9.17) is 10.2 Å². The molecule has 0 saturated heterocycles. The van der Waals surface area contributed by atoms with Gasteiger partial charge in [-0.05, 0) is 5.76 Å². The number of aliphatic hydroxyl groups is 2. The Morgan fingerprint density at radius 2 is 2.23 bits per heavy atom. The Bertz CT molecular complexity index is 241. The summed E-state index contributed by atoms with van der Waals surface area (Å²) >= 11 is 2.91. The van der Waals surface area contributed by atoms with Crippen molar-refractivity contribution in [3.8, 4) is 0 Å². The van der Waals surface area contributed by atoms with Gasteiger partial charge in [0.2, 0.25) is 0 Å². The van der Waals surface area contributed by atoms with Crippen molar-refractivity contribution in [2.24, 2.45) is 0 Å². The summed E-state index contributed by atoms with van der Waals surface area (Å²) in [5.74, 6) is -2.89. The fourth-order valence-electron chi connectivity index (χ4n) is 0.794. The summed E-state index contributed by atoms with van der Waals surface area (Å²) in [6, 6.07) is 0. The summed E-state index contributed by atoms with van der Waals surface area (Å²) in [4.78, 5) is 10.6. The molecule has 1 rings (SSSR count). The Balaban J connectivity index is 0.00000144. The first-order valence-corrected chi connectivity index (χ1v) is 4.25. The van der Waals surface area contributed by atoms with Crippen molar-refractivity contribution < 1.29 is 54.4 Å². The SMILES string of the molecule is O=C1O[C@H]([C@@H](O)CBr)C([O-])=C1O.[Na+]. The molecule has 1 aliphatic rings. The van der Waals surface area contributed by atoms with Crippen molar-refractivity contribution in [3.63, 3.8) is 0 Å². The van der Waals surface area contributed by atoms with Crippen molar-refractivity contribution in [2.45, 2.75) is 12.2 Å². The van der Waals surface area contributed by atoms with E-state index in [2.05, 4.69) is 20.7 Å². The molecule has 0 aromatic carbocycles. The van der Waals surface area contributed by atoms with E-state index < -0.39 is 29.7 Å². The van der Waals surface area contributed by atoms with Crippen LogP contribution in [0.3, 0.4) is 0 Å². The Hall–Kier alpha value is 0.250. The topological polar surface area (TPSA) is 89.8 Å². The fraction of sp³-hybridized carbons (Fsp3) is 0.500. The largest absolute Gasteiger partial charge is 1.00 e. The van der Waals surface area contributed by atoms with Gasteiger partial charge in [-0.15, -0.1) is 0 Å². The van der Waals surface area contributed by atoms with Crippen LogP contribution in [0.5, 0.6) is 0 Å². The van der Waals surface area contributed by atoms with Crippen LogP contribution in [0.15, 0.2) is 11.5 Å². The van der Waals surface area contributed by atoms with E-state index in [1.54, 1.807) is 0 Å². The molecule has 0 unspecified atom stereocenters. The van der Waals surface area contributed by atoms with Crippen LogP contribution >= 0.6 is 15.9 Å². The molecule has 2 N–H and O–H groups in total. The van der Waals surface area contributed by atoms with Crippen molar-refractivity contribution in [1.82, 2.24) is 0 Å². The number of hydrogen-bond acceptors (Lipinski definition) is 5. The summed E-state index contributed by atoms with van der Waals surface area (Å²) in [6.45, 7) is 0. The number of cyclic esters (lactones) is 1. The second-order valence-electron chi connectivity index (χ2n) is 2.26. The van der Waals surface area contributed by atoms with Gasteiger partial charge in [-0.1, -0.05) is 15.9 Å². The van der Waals surface area contributed by atoms with E-state index in [0.29, 0.717) is 0 Å². The Kier molecular flexibility index (Phi) is 5.31. The van der Waals surface area contributed by atoms with E-state index >= 15 is 0 Å². The number of carbonyl (C=O) groups is 1. The molecule has 13 heavy (non-hydrogen) atoms. The molecule has 0 spiro atoms. The summed E-state index contributed by atoms with van der Waals surface area (Å²) < 4.78 is 4.38. The maximum absolute atomic E-state index is 10.9. The molecule has 0 amide bonds. The number of carbonyl (C=O) groups excluding carboxylic acids is 1. The Morgan fingerprint density at radius 3 is 2.54 bits per heavy atom. The monoisotopic (exact) mass is 260 g/mol. The second-order valence-corrected chi connectivity index (χ2v) is 2.91. The van der Waals surface area contributed by atoms with E-state index in [9.17, 15) is 9.90 Å². The van der Waals surface area contributed by atoms with Gasteiger partial charge in [-0.25, -0.2) is 4.79 Å². The third-order valence-corrected chi connectivity index (χ3v) is 2.09. The molecular weight excluding hydrogens is 255 g/mol. The molecule has 0 bridgehead atoms. The first-order chi connectivity index (χ1) is 5.57. The molecule has 0 aliphatic carbocycles. The number of aliphatic hydroxyl groups excluding tert-OH is 2. The van der Waals surface area contributed by atoms with Crippen molar-refractivity contribution in [2.75, 3.05) is 5.33 Å². The molecule has 1 aliphatic heterocycles. The van der Waals surface area contributed by atoms with Crippen molar-refractivity contribution in [3.05, 3.63) is 11.5 Å². The van der Waals surface area contributed by atoms with E-state index in [1.807, 2.05) is 0 Å². The van der Waals surface area contributed by atoms with Gasteiger partial charge in [0, 0.05) is 5.33 Å². The third kappa shape index (κ3) is 2.60. The molecule has 0 fully saturated rings. The number of esters is 1. The van der Waals surface area contributed by atoms with E-state index in [-0.39, 0.29) is 34.9 Å². The first-order valence-electron chi connectivity index (χ1n) is 3.13. The number of alkyl halides is 1.